The van der Waals surface area contributed by atoms with E-state index in [4.69, 9.17) is 4.42 Å². The van der Waals surface area contributed by atoms with Crippen LogP contribution in [0.4, 0.5) is 0 Å². The van der Waals surface area contributed by atoms with E-state index in [1.54, 1.807) is 12.3 Å². The number of aromatic amines is 1. The summed E-state index contributed by atoms with van der Waals surface area (Å²) >= 11 is 0. The highest BCUT2D eigenvalue weighted by molar-refractivity contribution is 5.67. The van der Waals surface area contributed by atoms with E-state index in [0.717, 1.165) is 5.56 Å². The lowest BCUT2D eigenvalue weighted by Gasteiger charge is -1.87. The van der Waals surface area contributed by atoms with Crippen molar-refractivity contribution < 1.29 is 4.42 Å². The van der Waals surface area contributed by atoms with Crippen molar-refractivity contribution in [1.29, 1.82) is 0 Å². The van der Waals surface area contributed by atoms with E-state index < -0.39 is 5.76 Å². The van der Waals surface area contributed by atoms with Crippen molar-refractivity contribution in [2.75, 3.05) is 0 Å². The fourth-order valence-electron chi connectivity index (χ4n) is 0.936. The standard InChI is InChI=1S/C7H6N2O2.2C2H6/c1-4-2-5-6(8-3-4)9-7(10)11-5;2*1-2/h2-3H,1H3,(H,8,9,10);2*1-2H3. The van der Waals surface area contributed by atoms with Crippen molar-refractivity contribution in [2.45, 2.75) is 34.6 Å². The second-order valence-corrected chi connectivity index (χ2v) is 2.37. The van der Waals surface area contributed by atoms with Gasteiger partial charge in [-0.1, -0.05) is 27.7 Å². The van der Waals surface area contributed by atoms with Crippen LogP contribution in [0, 0.1) is 6.92 Å². The summed E-state index contributed by atoms with van der Waals surface area (Å²) in [4.78, 5) is 17.0. The molecule has 2 rings (SSSR count). The van der Waals surface area contributed by atoms with Crippen molar-refractivity contribution in [3.05, 3.63) is 28.4 Å². The van der Waals surface area contributed by atoms with Gasteiger partial charge in [-0.25, -0.2) is 9.78 Å². The molecule has 84 valence electrons. The van der Waals surface area contributed by atoms with Gasteiger partial charge < -0.3 is 4.42 Å². The predicted molar refractivity (Wildman–Crippen MR) is 62.1 cm³/mol. The van der Waals surface area contributed by atoms with Crippen LogP contribution in [0.3, 0.4) is 0 Å². The van der Waals surface area contributed by atoms with Crippen LogP contribution in [-0.4, -0.2) is 9.97 Å². The smallest absolute Gasteiger partial charge is 0.406 e. The molecule has 1 N–H and O–H groups in total. The normalized spacial score (nSPS) is 8.60. The molecule has 0 spiro atoms. The molecular formula is C11H18N2O2. The minimum Gasteiger partial charge on any atom is -0.406 e. The SMILES string of the molecule is CC.CC.Cc1cnc2[nH]c(=O)oc2c1. The second-order valence-electron chi connectivity index (χ2n) is 2.37. The number of oxazole rings is 1. The van der Waals surface area contributed by atoms with Crippen LogP contribution in [0.15, 0.2) is 21.5 Å². The molecule has 0 atom stereocenters. The van der Waals surface area contributed by atoms with E-state index in [1.807, 2.05) is 34.6 Å². The molecule has 2 aromatic heterocycles. The van der Waals surface area contributed by atoms with Gasteiger partial charge in [-0.15, -0.1) is 0 Å². The molecule has 2 aromatic rings. The summed E-state index contributed by atoms with van der Waals surface area (Å²) in [7, 11) is 0. The number of H-pyrrole nitrogens is 1. The van der Waals surface area contributed by atoms with Crippen LogP contribution in [0.1, 0.15) is 33.3 Å². The Morgan fingerprint density at radius 3 is 2.47 bits per heavy atom. The number of hydrogen-bond acceptors (Lipinski definition) is 3. The van der Waals surface area contributed by atoms with Crippen molar-refractivity contribution in [3.8, 4) is 0 Å². The van der Waals surface area contributed by atoms with Crippen LogP contribution in [0.25, 0.3) is 11.2 Å². The Bertz CT molecular complexity index is 443. The van der Waals surface area contributed by atoms with Gasteiger partial charge in [-0.3, -0.25) is 4.98 Å². The van der Waals surface area contributed by atoms with Crippen molar-refractivity contribution >= 4 is 11.2 Å². The summed E-state index contributed by atoms with van der Waals surface area (Å²) < 4.78 is 4.78. The van der Waals surface area contributed by atoms with Crippen LogP contribution in [-0.2, 0) is 0 Å². The maximum absolute atomic E-state index is 10.6. The zero-order chi connectivity index (χ0) is 11.8. The molecule has 4 nitrogen and oxygen atoms in total. The molecule has 0 aliphatic rings. The Labute approximate surface area is 89.3 Å². The van der Waals surface area contributed by atoms with Gasteiger partial charge in [0.1, 0.15) is 0 Å². The number of aromatic nitrogens is 2. The molecule has 4 heteroatoms. The van der Waals surface area contributed by atoms with Crippen LogP contribution in [0.5, 0.6) is 0 Å². The highest BCUT2D eigenvalue weighted by Gasteiger charge is 1.99. The van der Waals surface area contributed by atoms with Gasteiger partial charge in [0.05, 0.1) is 0 Å². The highest BCUT2D eigenvalue weighted by atomic mass is 16.4. The molecule has 0 aliphatic heterocycles. The Morgan fingerprint density at radius 2 is 1.87 bits per heavy atom. The summed E-state index contributed by atoms with van der Waals surface area (Å²) in [6.07, 6.45) is 1.67. The summed E-state index contributed by atoms with van der Waals surface area (Å²) in [5.74, 6) is -0.460. The highest BCUT2D eigenvalue weighted by Crippen LogP contribution is 2.07. The number of aryl methyl sites for hydroxylation is 1. The average Bonchev–Trinajstić information content (AvgIpc) is 2.63. The first-order valence-corrected chi connectivity index (χ1v) is 5.21. The van der Waals surface area contributed by atoms with E-state index in [2.05, 4.69) is 9.97 Å². The minimum atomic E-state index is -0.460. The van der Waals surface area contributed by atoms with Crippen molar-refractivity contribution in [1.82, 2.24) is 9.97 Å². The van der Waals surface area contributed by atoms with Gasteiger partial charge >= 0.3 is 5.76 Å². The van der Waals surface area contributed by atoms with Crippen molar-refractivity contribution in [3.63, 3.8) is 0 Å². The third-order valence-electron chi connectivity index (χ3n) is 1.41. The number of nitrogens with zero attached hydrogens (tertiary/aromatic N) is 1. The second kappa shape index (κ2) is 6.81. The predicted octanol–water partition coefficient (Wildman–Crippen LogP) is 2.88. The molecule has 0 saturated heterocycles. The third kappa shape index (κ3) is 3.58. The summed E-state index contributed by atoms with van der Waals surface area (Å²) in [5.41, 5.74) is 1.98. The van der Waals surface area contributed by atoms with E-state index in [9.17, 15) is 4.79 Å². The summed E-state index contributed by atoms with van der Waals surface area (Å²) in [6, 6.07) is 1.76. The zero-order valence-corrected chi connectivity index (χ0v) is 9.92. The molecule has 2 heterocycles. The molecule has 0 amide bonds. The summed E-state index contributed by atoms with van der Waals surface area (Å²) in [5, 5.41) is 0. The monoisotopic (exact) mass is 210 g/mol. The molecule has 15 heavy (non-hydrogen) atoms. The fraction of sp³-hybridized carbons (Fsp3) is 0.455. The lowest BCUT2D eigenvalue weighted by Crippen LogP contribution is -1.93. The Morgan fingerprint density at radius 1 is 1.27 bits per heavy atom. The topological polar surface area (TPSA) is 58.9 Å². The van der Waals surface area contributed by atoms with Gasteiger partial charge in [-0.05, 0) is 18.6 Å². The largest absolute Gasteiger partial charge is 0.418 e. The average molecular weight is 210 g/mol. The number of nitrogens with one attached hydrogen (secondary N) is 1. The minimum absolute atomic E-state index is 0.460. The van der Waals surface area contributed by atoms with Gasteiger partial charge in [0.25, 0.3) is 0 Å². The van der Waals surface area contributed by atoms with Gasteiger partial charge in [0.15, 0.2) is 11.2 Å². The lowest BCUT2D eigenvalue weighted by atomic mass is 10.3. The molecule has 0 fully saturated rings. The van der Waals surface area contributed by atoms with Crippen LogP contribution < -0.4 is 5.76 Å². The van der Waals surface area contributed by atoms with Crippen molar-refractivity contribution in [2.24, 2.45) is 0 Å². The number of rotatable bonds is 0. The number of fused-ring (bicyclic) bond motifs is 1. The first kappa shape index (κ1) is 13.4. The van der Waals surface area contributed by atoms with E-state index in [1.165, 1.54) is 0 Å². The van der Waals surface area contributed by atoms with Gasteiger partial charge in [0, 0.05) is 6.20 Å². The first-order chi connectivity index (χ1) is 7.25. The molecule has 0 saturated carbocycles. The fourth-order valence-corrected chi connectivity index (χ4v) is 0.936. The quantitative estimate of drug-likeness (QED) is 0.727. The van der Waals surface area contributed by atoms with E-state index in [-0.39, 0.29) is 0 Å². The lowest BCUT2D eigenvalue weighted by molar-refractivity contribution is 0.555. The van der Waals surface area contributed by atoms with E-state index in [0.29, 0.717) is 11.2 Å². The Balaban J connectivity index is 0.000000442. The van der Waals surface area contributed by atoms with Crippen LogP contribution >= 0.6 is 0 Å². The number of hydrogen-bond donors (Lipinski definition) is 1. The van der Waals surface area contributed by atoms with Gasteiger partial charge in [0.2, 0.25) is 0 Å². The van der Waals surface area contributed by atoms with Gasteiger partial charge in [-0.2, -0.15) is 0 Å². The molecule has 0 aromatic carbocycles. The zero-order valence-electron chi connectivity index (χ0n) is 9.92. The number of pyridine rings is 1. The maximum atomic E-state index is 10.6. The molecule has 0 radical (unpaired) electrons. The Kier molecular flexibility index (Phi) is 6.09. The Hall–Kier alpha value is -1.58. The molecular weight excluding hydrogens is 192 g/mol. The molecule has 0 aliphatic carbocycles. The molecule has 0 bridgehead atoms. The maximum Gasteiger partial charge on any atom is 0.418 e. The summed E-state index contributed by atoms with van der Waals surface area (Å²) in [6.45, 7) is 9.89. The molecule has 0 unspecified atom stereocenters. The van der Waals surface area contributed by atoms with Crippen LogP contribution in [0.2, 0.25) is 0 Å². The first-order valence-electron chi connectivity index (χ1n) is 5.21. The van der Waals surface area contributed by atoms with E-state index >= 15 is 0 Å². The third-order valence-corrected chi connectivity index (χ3v) is 1.41.